The van der Waals surface area contributed by atoms with E-state index in [1.807, 2.05) is 0 Å². The van der Waals surface area contributed by atoms with Gasteiger partial charge in [-0.3, -0.25) is 0 Å². The molecule has 6 unspecified atom stereocenters. The summed E-state index contributed by atoms with van der Waals surface area (Å²) in [7, 11) is 0. The first-order valence-electron chi connectivity index (χ1n) is 23.4. The molecule has 0 radical (unpaired) electrons. The number of fused-ring (bicyclic) bond motifs is 10. The highest BCUT2D eigenvalue weighted by Crippen LogP contribution is 2.54. The fraction of sp³-hybridized carbons (Fsp3) is 0.310. The van der Waals surface area contributed by atoms with Crippen LogP contribution in [-0.2, 0) is 19.3 Å². The van der Waals surface area contributed by atoms with Gasteiger partial charge < -0.3 is 14.0 Å². The number of aromatic nitrogens is 2. The number of hydrogen-bond donors (Lipinski definition) is 0. The third-order valence-corrected chi connectivity index (χ3v) is 16.5. The second-order valence-corrected chi connectivity index (χ2v) is 20.9. The molecule has 0 saturated heterocycles. The van der Waals surface area contributed by atoms with Crippen molar-refractivity contribution < 1.29 is 0 Å². The van der Waals surface area contributed by atoms with Gasteiger partial charge in [0.2, 0.25) is 0 Å². The molecule has 12 rings (SSSR count). The highest BCUT2D eigenvalue weighted by molar-refractivity contribution is 8.00. The van der Waals surface area contributed by atoms with Crippen LogP contribution in [0.5, 0.6) is 0 Å². The van der Waals surface area contributed by atoms with E-state index < -0.39 is 0 Å². The smallest absolute Gasteiger partial charge is 0.0557 e. The number of benzene rings is 4. The number of allylic oxidation sites excluding steroid dienone is 9. The van der Waals surface area contributed by atoms with Crippen LogP contribution in [0.1, 0.15) is 92.9 Å². The summed E-state index contributed by atoms with van der Waals surface area (Å²) in [4.78, 5) is 4.02. The molecule has 4 aromatic carbocycles. The van der Waals surface area contributed by atoms with Crippen molar-refractivity contribution in [2.24, 2.45) is 17.3 Å². The monoisotopic (exact) mass is 827 g/mol. The Hall–Kier alpha value is -5.45. The number of rotatable bonds is 6. The van der Waals surface area contributed by atoms with Crippen LogP contribution in [-0.4, -0.2) is 20.4 Å². The lowest BCUT2D eigenvalue weighted by Crippen LogP contribution is -2.32. The summed E-state index contributed by atoms with van der Waals surface area (Å²) in [5.74, 6) is 1.43. The zero-order chi connectivity index (χ0) is 41.5. The van der Waals surface area contributed by atoms with Gasteiger partial charge in [0, 0.05) is 66.7 Å². The van der Waals surface area contributed by atoms with Gasteiger partial charge in [0.25, 0.3) is 0 Å². The summed E-state index contributed by atoms with van der Waals surface area (Å²) >= 11 is 2.09. The van der Waals surface area contributed by atoms with Gasteiger partial charge in [-0.05, 0) is 140 Å². The standard InChI is InChI=1S/C58H57N3S/c1-58(2,3)40-26-33-53-50(36-40)56-54(35-32-48-47-19-11-13-21-55(47)62-57(48)56)61(53)45-31-34-52-49(37-45)46-18-10-12-20-51(46)60(52)44-29-24-39(25-30-44)38-22-27-43(28-23-38)59(41-14-6-4-7-15-41)42-16-8-5-9-17-42/h4-9,11,13-17,19,21-22,24-27,29,31-35,37-38,40,43-44,47,55H,10,12,18,20,23,28,30,36H2,1-3H3. The predicted octanol–water partition coefficient (Wildman–Crippen LogP) is 15.0. The number of thioether (sulfide) groups is 1. The van der Waals surface area contributed by atoms with Crippen LogP contribution in [0, 0.1) is 17.3 Å². The summed E-state index contributed by atoms with van der Waals surface area (Å²) in [6.45, 7) is 7.22. The van der Waals surface area contributed by atoms with Crippen LogP contribution in [0.25, 0.3) is 33.6 Å². The Labute approximate surface area is 371 Å². The van der Waals surface area contributed by atoms with Gasteiger partial charge in [-0.15, -0.1) is 11.8 Å². The van der Waals surface area contributed by atoms with E-state index in [1.165, 1.54) is 86.3 Å². The van der Waals surface area contributed by atoms with E-state index in [0.717, 1.165) is 25.7 Å². The van der Waals surface area contributed by atoms with Gasteiger partial charge in [-0.2, -0.15) is 0 Å². The van der Waals surface area contributed by atoms with Crippen LogP contribution in [0.4, 0.5) is 11.4 Å². The van der Waals surface area contributed by atoms with Gasteiger partial charge in [0.1, 0.15) is 0 Å². The first-order valence-corrected chi connectivity index (χ1v) is 24.3. The maximum absolute atomic E-state index is 2.74. The number of hydrogen-bond acceptors (Lipinski definition) is 2. The molecule has 3 nitrogen and oxygen atoms in total. The summed E-state index contributed by atoms with van der Waals surface area (Å²) in [6, 6.07) is 34.8. The Kier molecular flexibility index (Phi) is 9.33. The Bertz CT molecular complexity index is 2870. The molecule has 0 saturated carbocycles. The first-order chi connectivity index (χ1) is 30.4. The minimum absolute atomic E-state index is 0.209. The van der Waals surface area contributed by atoms with Crippen molar-refractivity contribution in [2.45, 2.75) is 100 Å². The zero-order valence-corrected chi connectivity index (χ0v) is 37.2. The van der Waals surface area contributed by atoms with E-state index in [-0.39, 0.29) is 5.41 Å². The third-order valence-electron chi connectivity index (χ3n) is 15.1. The van der Waals surface area contributed by atoms with Crippen molar-refractivity contribution in [2.75, 3.05) is 4.90 Å². The van der Waals surface area contributed by atoms with Crippen LogP contribution in [0.15, 0.2) is 162 Å². The normalized spacial score (nSPS) is 24.9. The summed E-state index contributed by atoms with van der Waals surface area (Å²) < 4.78 is 5.36. The topological polar surface area (TPSA) is 13.1 Å². The Morgan fingerprint density at radius 1 is 0.710 bits per heavy atom. The molecule has 4 heteroatoms. The van der Waals surface area contributed by atoms with Crippen molar-refractivity contribution in [1.82, 2.24) is 9.13 Å². The van der Waals surface area contributed by atoms with Crippen LogP contribution in [0.2, 0.25) is 0 Å². The molecule has 6 atom stereocenters. The fourth-order valence-corrected chi connectivity index (χ4v) is 13.4. The molecule has 1 aliphatic heterocycles. The predicted molar refractivity (Wildman–Crippen MR) is 263 cm³/mol. The van der Waals surface area contributed by atoms with Gasteiger partial charge in [0.15, 0.2) is 0 Å². The summed E-state index contributed by atoms with van der Waals surface area (Å²) in [6.07, 6.45) is 36.1. The molecule has 310 valence electrons. The second kappa shape index (κ2) is 15.1. The van der Waals surface area contributed by atoms with E-state index in [1.54, 1.807) is 16.8 Å². The number of anilines is 2. The number of para-hydroxylation sites is 2. The molecule has 6 aromatic rings. The molecule has 0 spiro atoms. The maximum atomic E-state index is 2.74. The lowest BCUT2D eigenvalue weighted by molar-refractivity contribution is 0.291. The van der Waals surface area contributed by atoms with Crippen molar-refractivity contribution in [1.29, 1.82) is 0 Å². The second-order valence-electron chi connectivity index (χ2n) is 19.7. The van der Waals surface area contributed by atoms with E-state index in [9.17, 15) is 0 Å². The average Bonchev–Trinajstić information content (AvgIpc) is 3.97. The van der Waals surface area contributed by atoms with Crippen molar-refractivity contribution in [3.05, 3.63) is 185 Å². The van der Waals surface area contributed by atoms with Crippen LogP contribution < -0.4 is 4.90 Å². The van der Waals surface area contributed by atoms with Gasteiger partial charge in [-0.1, -0.05) is 124 Å². The molecule has 0 fully saturated rings. The summed E-state index contributed by atoms with van der Waals surface area (Å²) in [5.41, 5.74) is 15.9. The first kappa shape index (κ1) is 38.2. The van der Waals surface area contributed by atoms with E-state index in [0.29, 0.717) is 35.1 Å². The molecule has 0 bridgehead atoms. The molecule has 0 amide bonds. The fourth-order valence-electron chi connectivity index (χ4n) is 11.9. The molecule has 62 heavy (non-hydrogen) atoms. The van der Waals surface area contributed by atoms with E-state index in [2.05, 4.69) is 204 Å². The Balaban J connectivity index is 0.874. The van der Waals surface area contributed by atoms with Crippen molar-refractivity contribution in [3.63, 3.8) is 0 Å². The molecule has 5 aliphatic carbocycles. The highest BCUT2D eigenvalue weighted by atomic mass is 32.2. The molecular weight excluding hydrogens is 771 g/mol. The van der Waals surface area contributed by atoms with Crippen molar-refractivity contribution in [3.8, 4) is 5.69 Å². The van der Waals surface area contributed by atoms with Gasteiger partial charge in [-0.25, -0.2) is 0 Å². The summed E-state index contributed by atoms with van der Waals surface area (Å²) in [5, 5.41) is 3.45. The lowest BCUT2D eigenvalue weighted by atomic mass is 9.74. The highest BCUT2D eigenvalue weighted by Gasteiger charge is 2.37. The molecule has 0 N–H and O–H groups in total. The van der Waals surface area contributed by atoms with Gasteiger partial charge >= 0.3 is 0 Å². The molecular formula is C58H57N3S. The average molecular weight is 828 g/mol. The molecule has 3 heterocycles. The SMILES string of the molecule is CC(C)(C)C1C=Cc2c(c3c4c(ccc3n2-c2ccc3c(c2)c2c(n3C3C=CC(C5C=CC(N(c6ccccc6)c6ccccc6)CC5)=CC3)CCCC2)C2C=CC=CC2S4)C1. The van der Waals surface area contributed by atoms with E-state index >= 15 is 0 Å². The van der Waals surface area contributed by atoms with Gasteiger partial charge in [0.05, 0.1) is 17.6 Å². The number of aryl methyl sites for hydroxylation is 1. The van der Waals surface area contributed by atoms with Crippen LogP contribution >= 0.6 is 11.8 Å². The number of nitrogens with zero attached hydrogens (tertiary/aromatic N) is 3. The maximum Gasteiger partial charge on any atom is 0.0557 e. The quantitative estimate of drug-likeness (QED) is 0.155. The zero-order valence-electron chi connectivity index (χ0n) is 36.4. The molecule has 6 aliphatic rings. The van der Waals surface area contributed by atoms with E-state index in [4.69, 9.17) is 0 Å². The molecule has 2 aromatic heterocycles. The van der Waals surface area contributed by atoms with Crippen molar-refractivity contribution >= 4 is 51.0 Å². The Morgan fingerprint density at radius 2 is 1.48 bits per heavy atom. The third kappa shape index (κ3) is 6.30. The largest absolute Gasteiger partial charge is 0.337 e. The minimum atomic E-state index is 0.209. The van der Waals surface area contributed by atoms with Crippen LogP contribution in [0.3, 0.4) is 0 Å². The minimum Gasteiger partial charge on any atom is -0.337 e. The Morgan fingerprint density at radius 3 is 2.23 bits per heavy atom. The lowest BCUT2D eigenvalue weighted by Gasteiger charge is -2.36.